The Morgan fingerprint density at radius 2 is 2.28 bits per heavy atom. The SMILES string of the molecule is CCc1cnc([C@H](C)NC(=O)NC[C@@H](C)OC)s1. The van der Waals surface area contributed by atoms with Crippen molar-refractivity contribution in [1.82, 2.24) is 15.6 Å². The predicted molar refractivity (Wildman–Crippen MR) is 72.9 cm³/mol. The zero-order valence-corrected chi connectivity index (χ0v) is 12.1. The van der Waals surface area contributed by atoms with E-state index >= 15 is 0 Å². The van der Waals surface area contributed by atoms with E-state index in [0.717, 1.165) is 11.4 Å². The van der Waals surface area contributed by atoms with E-state index in [1.165, 1.54) is 4.88 Å². The molecule has 2 amide bonds. The van der Waals surface area contributed by atoms with Gasteiger partial charge in [-0.2, -0.15) is 0 Å². The molecule has 0 saturated carbocycles. The maximum absolute atomic E-state index is 11.6. The molecular weight excluding hydrogens is 250 g/mol. The van der Waals surface area contributed by atoms with Gasteiger partial charge < -0.3 is 15.4 Å². The molecule has 0 bridgehead atoms. The quantitative estimate of drug-likeness (QED) is 0.833. The third kappa shape index (κ3) is 4.62. The van der Waals surface area contributed by atoms with Gasteiger partial charge in [0, 0.05) is 24.7 Å². The molecule has 1 heterocycles. The van der Waals surface area contributed by atoms with Gasteiger partial charge in [0.25, 0.3) is 0 Å². The Kier molecular flexibility index (Phi) is 6.07. The van der Waals surface area contributed by atoms with Crippen molar-refractivity contribution in [1.29, 1.82) is 0 Å². The van der Waals surface area contributed by atoms with Gasteiger partial charge in [-0.3, -0.25) is 0 Å². The molecule has 0 aliphatic carbocycles. The normalized spacial score (nSPS) is 14.0. The first kappa shape index (κ1) is 14.9. The molecule has 2 atom stereocenters. The van der Waals surface area contributed by atoms with Crippen molar-refractivity contribution in [3.05, 3.63) is 16.1 Å². The van der Waals surface area contributed by atoms with Gasteiger partial charge >= 0.3 is 6.03 Å². The van der Waals surface area contributed by atoms with Gasteiger partial charge in [0.15, 0.2) is 0 Å². The third-order valence-corrected chi connectivity index (χ3v) is 3.91. The maximum atomic E-state index is 11.6. The van der Waals surface area contributed by atoms with Crippen molar-refractivity contribution < 1.29 is 9.53 Å². The van der Waals surface area contributed by atoms with Gasteiger partial charge in [0.05, 0.1) is 12.1 Å². The number of hydrogen-bond acceptors (Lipinski definition) is 4. The summed E-state index contributed by atoms with van der Waals surface area (Å²) in [6.07, 6.45) is 2.85. The first-order valence-corrected chi connectivity index (χ1v) is 6.90. The van der Waals surface area contributed by atoms with Crippen LogP contribution in [0.5, 0.6) is 0 Å². The Morgan fingerprint density at radius 1 is 1.56 bits per heavy atom. The van der Waals surface area contributed by atoms with Crippen molar-refractivity contribution in [2.45, 2.75) is 39.3 Å². The number of thiazole rings is 1. The standard InChI is InChI=1S/C12H21N3O2S/c1-5-10-7-13-11(18-10)9(3)15-12(16)14-6-8(2)17-4/h7-9H,5-6H2,1-4H3,(H2,14,15,16)/t8-,9+/m1/s1. The first-order chi connectivity index (χ1) is 8.56. The number of hydrogen-bond donors (Lipinski definition) is 2. The van der Waals surface area contributed by atoms with E-state index in [1.807, 2.05) is 20.0 Å². The molecule has 0 saturated heterocycles. The Hall–Kier alpha value is -1.14. The fourth-order valence-corrected chi connectivity index (χ4v) is 2.17. The number of aryl methyl sites for hydroxylation is 1. The molecule has 18 heavy (non-hydrogen) atoms. The minimum absolute atomic E-state index is 0.0117. The molecule has 0 spiro atoms. The summed E-state index contributed by atoms with van der Waals surface area (Å²) >= 11 is 1.63. The molecule has 5 nitrogen and oxygen atoms in total. The summed E-state index contributed by atoms with van der Waals surface area (Å²) in [5.74, 6) is 0. The largest absolute Gasteiger partial charge is 0.380 e. The highest BCUT2D eigenvalue weighted by Crippen LogP contribution is 2.19. The van der Waals surface area contributed by atoms with E-state index in [9.17, 15) is 4.79 Å². The summed E-state index contributed by atoms with van der Waals surface area (Å²) in [6, 6.07) is -0.271. The van der Waals surface area contributed by atoms with E-state index in [4.69, 9.17) is 4.74 Å². The van der Waals surface area contributed by atoms with E-state index in [0.29, 0.717) is 6.54 Å². The zero-order chi connectivity index (χ0) is 13.5. The van der Waals surface area contributed by atoms with Gasteiger partial charge in [-0.1, -0.05) is 6.92 Å². The summed E-state index contributed by atoms with van der Waals surface area (Å²) in [5.41, 5.74) is 0. The van der Waals surface area contributed by atoms with Crippen LogP contribution in [0.4, 0.5) is 4.79 Å². The van der Waals surface area contributed by atoms with Crippen LogP contribution in [0.1, 0.15) is 36.7 Å². The maximum Gasteiger partial charge on any atom is 0.315 e. The highest BCUT2D eigenvalue weighted by molar-refractivity contribution is 7.11. The fraction of sp³-hybridized carbons (Fsp3) is 0.667. The number of carbonyl (C=O) groups excluding carboxylic acids is 1. The Labute approximate surface area is 112 Å². The lowest BCUT2D eigenvalue weighted by atomic mass is 10.3. The smallest absolute Gasteiger partial charge is 0.315 e. The van der Waals surface area contributed by atoms with Gasteiger partial charge in [-0.25, -0.2) is 9.78 Å². The minimum Gasteiger partial charge on any atom is -0.380 e. The Morgan fingerprint density at radius 3 is 2.83 bits per heavy atom. The third-order valence-electron chi connectivity index (χ3n) is 2.59. The Bertz CT molecular complexity index is 381. The number of urea groups is 1. The van der Waals surface area contributed by atoms with Crippen molar-refractivity contribution in [2.75, 3.05) is 13.7 Å². The number of rotatable bonds is 6. The lowest BCUT2D eigenvalue weighted by Crippen LogP contribution is -2.40. The molecule has 2 N–H and O–H groups in total. The van der Waals surface area contributed by atoms with Crippen molar-refractivity contribution >= 4 is 17.4 Å². The molecule has 0 aliphatic rings. The molecular formula is C12H21N3O2S. The molecule has 0 unspecified atom stereocenters. The van der Waals surface area contributed by atoms with E-state index < -0.39 is 0 Å². The van der Waals surface area contributed by atoms with Crippen molar-refractivity contribution in [3.63, 3.8) is 0 Å². The van der Waals surface area contributed by atoms with Crippen LogP contribution in [0.2, 0.25) is 0 Å². The van der Waals surface area contributed by atoms with Gasteiger partial charge in [0.1, 0.15) is 5.01 Å². The number of aromatic nitrogens is 1. The topological polar surface area (TPSA) is 63.2 Å². The number of ether oxygens (including phenoxy) is 1. The number of amides is 2. The molecule has 102 valence electrons. The lowest BCUT2D eigenvalue weighted by Gasteiger charge is -2.14. The summed E-state index contributed by atoms with van der Waals surface area (Å²) < 4.78 is 5.06. The van der Waals surface area contributed by atoms with Gasteiger partial charge in [0.2, 0.25) is 0 Å². The fourth-order valence-electron chi connectivity index (χ4n) is 1.32. The van der Waals surface area contributed by atoms with Crippen LogP contribution in [0.3, 0.4) is 0 Å². The highest BCUT2D eigenvalue weighted by atomic mass is 32.1. The molecule has 1 rings (SSSR count). The number of methoxy groups -OCH3 is 1. The predicted octanol–water partition coefficient (Wildman–Crippen LogP) is 2.10. The minimum atomic E-state index is -0.195. The average molecular weight is 271 g/mol. The van der Waals surface area contributed by atoms with Crippen molar-refractivity contribution in [3.8, 4) is 0 Å². The van der Waals surface area contributed by atoms with Gasteiger partial charge in [-0.15, -0.1) is 11.3 Å². The molecule has 0 radical (unpaired) electrons. The van der Waals surface area contributed by atoms with Gasteiger partial charge in [-0.05, 0) is 20.3 Å². The average Bonchev–Trinajstić information content (AvgIpc) is 2.84. The van der Waals surface area contributed by atoms with Crippen LogP contribution in [-0.2, 0) is 11.2 Å². The zero-order valence-electron chi connectivity index (χ0n) is 11.3. The van der Waals surface area contributed by atoms with Crippen molar-refractivity contribution in [2.24, 2.45) is 0 Å². The summed E-state index contributed by atoms with van der Waals surface area (Å²) in [7, 11) is 1.62. The number of nitrogens with zero attached hydrogens (tertiary/aromatic N) is 1. The molecule has 0 aromatic carbocycles. The number of nitrogens with one attached hydrogen (secondary N) is 2. The van der Waals surface area contributed by atoms with Crippen LogP contribution >= 0.6 is 11.3 Å². The van der Waals surface area contributed by atoms with Crippen LogP contribution in [0.25, 0.3) is 0 Å². The first-order valence-electron chi connectivity index (χ1n) is 6.08. The second-order valence-corrected chi connectivity index (χ2v) is 5.29. The molecule has 6 heteroatoms. The molecule has 0 fully saturated rings. The second kappa shape index (κ2) is 7.33. The molecule has 1 aromatic rings. The van der Waals surface area contributed by atoms with E-state index in [2.05, 4.69) is 22.5 Å². The summed E-state index contributed by atoms with van der Waals surface area (Å²) in [4.78, 5) is 17.2. The molecule has 1 aromatic heterocycles. The second-order valence-electron chi connectivity index (χ2n) is 4.14. The van der Waals surface area contributed by atoms with Crippen LogP contribution < -0.4 is 10.6 Å². The van der Waals surface area contributed by atoms with E-state index in [-0.39, 0.29) is 18.2 Å². The van der Waals surface area contributed by atoms with E-state index in [1.54, 1.807) is 18.4 Å². The Balaban J connectivity index is 2.39. The number of carbonyl (C=O) groups is 1. The van der Waals surface area contributed by atoms with Crippen LogP contribution in [0.15, 0.2) is 6.20 Å². The van der Waals surface area contributed by atoms with Crippen LogP contribution in [-0.4, -0.2) is 30.8 Å². The summed E-state index contributed by atoms with van der Waals surface area (Å²) in [6.45, 7) is 6.41. The monoisotopic (exact) mass is 271 g/mol. The lowest BCUT2D eigenvalue weighted by molar-refractivity contribution is 0.118. The highest BCUT2D eigenvalue weighted by Gasteiger charge is 2.13. The molecule has 0 aliphatic heterocycles. The van der Waals surface area contributed by atoms with Crippen LogP contribution in [0, 0.1) is 0 Å². The summed E-state index contributed by atoms with van der Waals surface area (Å²) in [5, 5.41) is 6.54.